The van der Waals surface area contributed by atoms with Gasteiger partial charge >= 0.3 is 6.18 Å². The van der Waals surface area contributed by atoms with Crippen molar-refractivity contribution in [2.75, 3.05) is 24.7 Å². The topological polar surface area (TPSA) is 64.0 Å². The minimum Gasteiger partial charge on any atom is -0.377 e. The van der Waals surface area contributed by atoms with Gasteiger partial charge < -0.3 is 9.64 Å². The highest BCUT2D eigenvalue weighted by Crippen LogP contribution is 2.35. The molecule has 10 heteroatoms. The van der Waals surface area contributed by atoms with E-state index in [4.69, 9.17) is 4.74 Å². The molecule has 29 heavy (non-hydrogen) atoms. The number of aryl methyl sites for hydroxylation is 2. The molecule has 3 heterocycles. The van der Waals surface area contributed by atoms with Gasteiger partial charge in [-0.05, 0) is 32.0 Å². The Morgan fingerprint density at radius 2 is 1.86 bits per heavy atom. The Bertz CT molecular complexity index is 1070. The lowest BCUT2D eigenvalue weighted by molar-refractivity contribution is -0.137. The average Bonchev–Trinajstić information content (AvgIpc) is 2.68. The third-order valence-electron chi connectivity index (χ3n) is 4.86. The SMILES string of the molecule is Cc1nc2cnc(C3COCCN3c3ccc(C(F)(F)F)cc3F)nc2nc1C. The lowest BCUT2D eigenvalue weighted by Crippen LogP contribution is -2.41. The molecule has 3 aromatic rings. The summed E-state index contributed by atoms with van der Waals surface area (Å²) in [5.74, 6) is -0.618. The second kappa shape index (κ2) is 7.18. The summed E-state index contributed by atoms with van der Waals surface area (Å²) in [5.41, 5.74) is 1.43. The van der Waals surface area contributed by atoms with Crippen LogP contribution in [-0.4, -0.2) is 39.7 Å². The molecule has 0 radical (unpaired) electrons. The maximum Gasteiger partial charge on any atom is 0.416 e. The van der Waals surface area contributed by atoms with Crippen LogP contribution in [0.5, 0.6) is 0 Å². The molecule has 1 aromatic carbocycles. The summed E-state index contributed by atoms with van der Waals surface area (Å²) >= 11 is 0. The number of fused-ring (bicyclic) bond motifs is 1. The van der Waals surface area contributed by atoms with Crippen molar-refractivity contribution >= 4 is 16.9 Å². The zero-order chi connectivity index (χ0) is 20.8. The Morgan fingerprint density at radius 1 is 1.10 bits per heavy atom. The largest absolute Gasteiger partial charge is 0.416 e. The summed E-state index contributed by atoms with van der Waals surface area (Å²) in [7, 11) is 0. The normalized spacial score (nSPS) is 17.7. The number of rotatable bonds is 2. The van der Waals surface area contributed by atoms with Gasteiger partial charge in [0.15, 0.2) is 11.5 Å². The smallest absolute Gasteiger partial charge is 0.377 e. The van der Waals surface area contributed by atoms with E-state index in [1.54, 1.807) is 4.90 Å². The predicted octanol–water partition coefficient (Wildman–Crippen LogP) is 3.77. The van der Waals surface area contributed by atoms with Crippen LogP contribution in [0.25, 0.3) is 11.2 Å². The second-order valence-electron chi connectivity index (χ2n) is 6.78. The van der Waals surface area contributed by atoms with Crippen molar-refractivity contribution in [3.8, 4) is 0 Å². The standard InChI is InChI=1S/C19H17F4N5O/c1-10-11(2)26-17-14(25-10)8-24-18(27-17)16-9-29-6-5-28(16)15-4-3-12(7-13(15)20)19(21,22)23/h3-4,7-8,16H,5-6,9H2,1-2H3. The fourth-order valence-corrected chi connectivity index (χ4v) is 3.22. The Morgan fingerprint density at radius 3 is 2.59 bits per heavy atom. The quantitative estimate of drug-likeness (QED) is 0.603. The number of anilines is 1. The predicted molar refractivity (Wildman–Crippen MR) is 96.9 cm³/mol. The highest BCUT2D eigenvalue weighted by molar-refractivity contribution is 5.68. The van der Waals surface area contributed by atoms with Crippen LogP contribution in [0.3, 0.4) is 0 Å². The average molecular weight is 407 g/mol. The number of nitrogens with zero attached hydrogens (tertiary/aromatic N) is 5. The Labute approximate surface area is 163 Å². The molecular formula is C19H17F4N5O. The van der Waals surface area contributed by atoms with Crippen molar-refractivity contribution in [2.24, 2.45) is 0 Å². The molecule has 2 aromatic heterocycles. The van der Waals surface area contributed by atoms with E-state index in [9.17, 15) is 17.6 Å². The first-order valence-electron chi connectivity index (χ1n) is 8.93. The zero-order valence-electron chi connectivity index (χ0n) is 15.7. The summed E-state index contributed by atoms with van der Waals surface area (Å²) in [5, 5.41) is 0. The van der Waals surface area contributed by atoms with E-state index in [2.05, 4.69) is 19.9 Å². The number of halogens is 4. The molecular weight excluding hydrogens is 390 g/mol. The third-order valence-corrected chi connectivity index (χ3v) is 4.86. The minimum atomic E-state index is -4.61. The minimum absolute atomic E-state index is 0.0427. The summed E-state index contributed by atoms with van der Waals surface area (Å²) in [6.07, 6.45) is -3.08. The first-order valence-corrected chi connectivity index (χ1v) is 8.93. The maximum atomic E-state index is 14.6. The van der Waals surface area contributed by atoms with E-state index in [0.717, 1.165) is 23.5 Å². The van der Waals surface area contributed by atoms with E-state index >= 15 is 0 Å². The van der Waals surface area contributed by atoms with Crippen LogP contribution in [0, 0.1) is 19.7 Å². The monoisotopic (exact) mass is 407 g/mol. The number of benzene rings is 1. The molecule has 4 rings (SSSR count). The number of alkyl halides is 3. The Kier molecular flexibility index (Phi) is 4.81. The third kappa shape index (κ3) is 3.71. The lowest BCUT2D eigenvalue weighted by Gasteiger charge is -2.36. The van der Waals surface area contributed by atoms with E-state index in [1.165, 1.54) is 6.20 Å². The van der Waals surface area contributed by atoms with Crippen LogP contribution in [-0.2, 0) is 10.9 Å². The highest BCUT2D eigenvalue weighted by atomic mass is 19.4. The van der Waals surface area contributed by atoms with Gasteiger partial charge in [0.1, 0.15) is 17.4 Å². The van der Waals surface area contributed by atoms with Crippen molar-refractivity contribution < 1.29 is 22.3 Å². The molecule has 0 amide bonds. The molecule has 1 saturated heterocycles. The van der Waals surface area contributed by atoms with Gasteiger partial charge in [-0.2, -0.15) is 13.2 Å². The van der Waals surface area contributed by atoms with Gasteiger partial charge in [0, 0.05) is 6.54 Å². The molecule has 1 unspecified atom stereocenters. The van der Waals surface area contributed by atoms with Gasteiger partial charge in [0.05, 0.1) is 42.0 Å². The van der Waals surface area contributed by atoms with Crippen LogP contribution in [0.4, 0.5) is 23.2 Å². The number of hydrogen-bond acceptors (Lipinski definition) is 6. The fourth-order valence-electron chi connectivity index (χ4n) is 3.22. The highest BCUT2D eigenvalue weighted by Gasteiger charge is 2.34. The van der Waals surface area contributed by atoms with Crippen LogP contribution in [0.15, 0.2) is 24.4 Å². The van der Waals surface area contributed by atoms with E-state index in [1.807, 2.05) is 13.8 Å². The molecule has 0 aliphatic carbocycles. The molecule has 1 aliphatic heterocycles. The fraction of sp³-hybridized carbons (Fsp3) is 0.368. The van der Waals surface area contributed by atoms with E-state index < -0.39 is 23.6 Å². The molecule has 1 fully saturated rings. The van der Waals surface area contributed by atoms with Gasteiger partial charge in [0.25, 0.3) is 0 Å². The van der Waals surface area contributed by atoms with Crippen molar-refractivity contribution in [3.63, 3.8) is 0 Å². The van der Waals surface area contributed by atoms with Gasteiger partial charge in [-0.1, -0.05) is 0 Å². The van der Waals surface area contributed by atoms with Crippen LogP contribution in [0.2, 0.25) is 0 Å². The Hall–Kier alpha value is -2.88. The van der Waals surface area contributed by atoms with Crippen molar-refractivity contribution in [1.82, 2.24) is 19.9 Å². The molecule has 0 saturated carbocycles. The number of ether oxygens (including phenoxy) is 1. The number of morpholine rings is 1. The summed E-state index contributed by atoms with van der Waals surface area (Å²) in [6.45, 7) is 4.41. The Balaban J connectivity index is 1.73. The van der Waals surface area contributed by atoms with Crippen molar-refractivity contribution in [1.29, 1.82) is 0 Å². The molecule has 6 nitrogen and oxygen atoms in total. The van der Waals surface area contributed by atoms with Gasteiger partial charge in [-0.3, -0.25) is 0 Å². The first-order chi connectivity index (χ1) is 13.7. The molecule has 0 spiro atoms. The molecule has 152 valence electrons. The summed E-state index contributed by atoms with van der Waals surface area (Å²) in [6, 6.07) is 1.93. The van der Waals surface area contributed by atoms with Crippen LogP contribution in [0.1, 0.15) is 28.8 Å². The number of hydrogen-bond donors (Lipinski definition) is 0. The van der Waals surface area contributed by atoms with Gasteiger partial charge in [-0.15, -0.1) is 0 Å². The maximum absolute atomic E-state index is 14.6. The first kappa shape index (κ1) is 19.4. The second-order valence-corrected chi connectivity index (χ2v) is 6.78. The molecule has 0 bridgehead atoms. The van der Waals surface area contributed by atoms with E-state index in [-0.39, 0.29) is 18.8 Å². The van der Waals surface area contributed by atoms with Crippen LogP contribution < -0.4 is 4.90 Å². The van der Waals surface area contributed by atoms with Crippen LogP contribution >= 0.6 is 0 Å². The summed E-state index contributed by atoms with van der Waals surface area (Å²) in [4.78, 5) is 19.2. The van der Waals surface area contributed by atoms with Gasteiger partial charge in [-0.25, -0.2) is 24.3 Å². The zero-order valence-corrected chi connectivity index (χ0v) is 15.7. The molecule has 0 N–H and O–H groups in total. The number of aromatic nitrogens is 4. The molecule has 1 atom stereocenters. The van der Waals surface area contributed by atoms with Crippen molar-refractivity contribution in [3.05, 3.63) is 53.0 Å². The van der Waals surface area contributed by atoms with Crippen molar-refractivity contribution in [2.45, 2.75) is 26.1 Å². The molecule has 1 aliphatic rings. The van der Waals surface area contributed by atoms with Gasteiger partial charge in [0.2, 0.25) is 0 Å². The summed E-state index contributed by atoms with van der Waals surface area (Å²) < 4.78 is 58.6. The van der Waals surface area contributed by atoms with E-state index in [0.29, 0.717) is 29.7 Å². The lowest BCUT2D eigenvalue weighted by atomic mass is 10.1.